The smallest absolute Gasteiger partial charge is 0.387 e. The summed E-state index contributed by atoms with van der Waals surface area (Å²) in [6.07, 6.45) is 7.36. The zero-order chi connectivity index (χ0) is 16.8. The third-order valence-electron chi connectivity index (χ3n) is 4.07. The first-order valence-electron chi connectivity index (χ1n) is 8.03. The molecule has 0 atom stereocenters. The van der Waals surface area contributed by atoms with Crippen LogP contribution in [-0.4, -0.2) is 29.5 Å². The molecule has 1 aromatic carbocycles. The maximum absolute atomic E-state index is 12.5. The van der Waals surface area contributed by atoms with Crippen molar-refractivity contribution >= 4 is 12.0 Å². The van der Waals surface area contributed by atoms with Gasteiger partial charge in [-0.25, -0.2) is 0 Å². The maximum Gasteiger partial charge on any atom is 0.387 e. The number of para-hydroxylation sites is 1. The van der Waals surface area contributed by atoms with Crippen molar-refractivity contribution in [3.05, 3.63) is 35.9 Å². The van der Waals surface area contributed by atoms with Gasteiger partial charge in [-0.15, -0.1) is 0 Å². The molecular weight excluding hydrogens is 300 g/mol. The van der Waals surface area contributed by atoms with E-state index in [1.54, 1.807) is 24.3 Å². The van der Waals surface area contributed by atoms with E-state index in [0.717, 1.165) is 25.7 Å². The molecule has 1 saturated carbocycles. The fraction of sp³-hybridized carbons (Fsp3) is 0.500. The molecule has 0 heterocycles. The predicted molar refractivity (Wildman–Crippen MR) is 86.3 cm³/mol. The Hall–Kier alpha value is -1.91. The van der Waals surface area contributed by atoms with Gasteiger partial charge in [0.05, 0.1) is 0 Å². The van der Waals surface area contributed by atoms with Gasteiger partial charge in [-0.2, -0.15) is 8.78 Å². The van der Waals surface area contributed by atoms with Gasteiger partial charge in [-0.3, -0.25) is 4.79 Å². The van der Waals surface area contributed by atoms with E-state index in [9.17, 15) is 13.6 Å². The lowest BCUT2D eigenvalue weighted by Crippen LogP contribution is -2.42. The molecule has 0 radical (unpaired) electrons. The Bertz CT molecular complexity index is 552. The first-order chi connectivity index (χ1) is 11.0. The number of carbonyl (C=O) groups excluding carboxylic acids is 1. The van der Waals surface area contributed by atoms with Crippen molar-refractivity contribution < 1.29 is 18.3 Å². The number of benzene rings is 1. The number of hydrogen-bond donors (Lipinski definition) is 0. The largest absolute Gasteiger partial charge is 0.434 e. The number of hydrogen-bond acceptors (Lipinski definition) is 2. The second-order valence-electron chi connectivity index (χ2n) is 6.03. The van der Waals surface area contributed by atoms with Crippen molar-refractivity contribution in [3.63, 3.8) is 0 Å². The zero-order valence-electron chi connectivity index (χ0n) is 13.5. The normalized spacial score (nSPS) is 15.7. The number of ether oxygens (including phenoxy) is 1. The highest BCUT2D eigenvalue weighted by Gasteiger charge is 2.27. The Kier molecular flexibility index (Phi) is 6.13. The van der Waals surface area contributed by atoms with E-state index >= 15 is 0 Å². The van der Waals surface area contributed by atoms with Gasteiger partial charge >= 0.3 is 6.61 Å². The SMILES string of the molecule is CC(C)N(C(=O)/C=C/c1ccccc1OC(F)F)C1CCCC1. The van der Waals surface area contributed by atoms with Crippen molar-refractivity contribution in [1.82, 2.24) is 4.90 Å². The Morgan fingerprint density at radius 3 is 2.52 bits per heavy atom. The third-order valence-corrected chi connectivity index (χ3v) is 4.07. The van der Waals surface area contributed by atoms with E-state index in [4.69, 9.17) is 0 Å². The monoisotopic (exact) mass is 323 g/mol. The number of nitrogens with zero attached hydrogens (tertiary/aromatic N) is 1. The number of halogens is 2. The lowest BCUT2D eigenvalue weighted by molar-refractivity contribution is -0.130. The molecular formula is C18H23F2NO2. The van der Waals surface area contributed by atoms with Crippen molar-refractivity contribution in [2.75, 3.05) is 0 Å². The average Bonchev–Trinajstić information content (AvgIpc) is 2.99. The van der Waals surface area contributed by atoms with Crippen LogP contribution >= 0.6 is 0 Å². The molecule has 3 nitrogen and oxygen atoms in total. The molecule has 1 aliphatic carbocycles. The highest BCUT2D eigenvalue weighted by molar-refractivity contribution is 5.92. The molecule has 5 heteroatoms. The molecule has 0 spiro atoms. The van der Waals surface area contributed by atoms with Gasteiger partial charge in [-0.05, 0) is 38.8 Å². The molecule has 2 rings (SSSR count). The Morgan fingerprint density at radius 2 is 1.91 bits per heavy atom. The van der Waals surface area contributed by atoms with E-state index < -0.39 is 6.61 Å². The van der Waals surface area contributed by atoms with E-state index in [-0.39, 0.29) is 23.7 Å². The lowest BCUT2D eigenvalue weighted by Gasteiger charge is -2.31. The van der Waals surface area contributed by atoms with Gasteiger partial charge in [0, 0.05) is 23.7 Å². The van der Waals surface area contributed by atoms with E-state index in [1.165, 1.54) is 12.1 Å². The van der Waals surface area contributed by atoms with Gasteiger partial charge in [0.25, 0.3) is 0 Å². The molecule has 0 saturated heterocycles. The van der Waals surface area contributed by atoms with Crippen LogP contribution < -0.4 is 4.74 Å². The maximum atomic E-state index is 12.5. The molecule has 126 valence electrons. The molecule has 23 heavy (non-hydrogen) atoms. The van der Waals surface area contributed by atoms with Crippen LogP contribution in [0.3, 0.4) is 0 Å². The standard InChI is InChI=1S/C18H23F2NO2/c1-13(2)21(15-8-4-5-9-15)17(22)12-11-14-7-3-6-10-16(14)23-18(19)20/h3,6-7,10-13,15,18H,4-5,8-9H2,1-2H3/b12-11+. The van der Waals surface area contributed by atoms with Crippen LogP contribution in [0.25, 0.3) is 6.08 Å². The minimum atomic E-state index is -2.88. The summed E-state index contributed by atoms with van der Waals surface area (Å²) in [5.41, 5.74) is 0.469. The van der Waals surface area contributed by atoms with Gasteiger partial charge < -0.3 is 9.64 Å². The molecule has 1 aromatic rings. The van der Waals surface area contributed by atoms with Crippen LogP contribution in [0.15, 0.2) is 30.3 Å². The summed E-state index contributed by atoms with van der Waals surface area (Å²) in [6.45, 7) is 1.11. The van der Waals surface area contributed by atoms with Crippen LogP contribution in [0.5, 0.6) is 5.75 Å². The lowest BCUT2D eigenvalue weighted by atomic mass is 10.1. The molecule has 1 fully saturated rings. The fourth-order valence-electron chi connectivity index (χ4n) is 3.11. The van der Waals surface area contributed by atoms with Gasteiger partial charge in [0.15, 0.2) is 0 Å². The summed E-state index contributed by atoms with van der Waals surface area (Å²) in [4.78, 5) is 14.4. The Morgan fingerprint density at radius 1 is 1.26 bits per heavy atom. The van der Waals surface area contributed by atoms with Crippen LogP contribution in [0, 0.1) is 0 Å². The fourth-order valence-corrected chi connectivity index (χ4v) is 3.11. The summed E-state index contributed by atoms with van der Waals surface area (Å²) in [5, 5.41) is 0. The molecule has 0 aromatic heterocycles. The zero-order valence-corrected chi connectivity index (χ0v) is 13.5. The molecule has 0 N–H and O–H groups in total. The quantitative estimate of drug-likeness (QED) is 0.722. The summed E-state index contributed by atoms with van der Waals surface area (Å²) in [7, 11) is 0. The Labute approximate surface area is 135 Å². The number of carbonyl (C=O) groups is 1. The molecule has 0 unspecified atom stereocenters. The second kappa shape index (κ2) is 8.09. The topological polar surface area (TPSA) is 29.5 Å². The summed E-state index contributed by atoms with van der Waals surface area (Å²) in [5.74, 6) is -0.0118. The van der Waals surface area contributed by atoms with Gasteiger partial charge in [0.1, 0.15) is 5.75 Å². The number of alkyl halides is 2. The highest BCUT2D eigenvalue weighted by Crippen LogP contribution is 2.26. The first-order valence-corrected chi connectivity index (χ1v) is 8.03. The number of rotatable bonds is 6. The van der Waals surface area contributed by atoms with Gasteiger partial charge in [0.2, 0.25) is 5.91 Å². The van der Waals surface area contributed by atoms with Crippen LogP contribution in [-0.2, 0) is 4.79 Å². The average molecular weight is 323 g/mol. The van der Waals surface area contributed by atoms with Crippen molar-refractivity contribution in [1.29, 1.82) is 0 Å². The van der Waals surface area contributed by atoms with Crippen molar-refractivity contribution in [3.8, 4) is 5.75 Å². The van der Waals surface area contributed by atoms with Crippen LogP contribution in [0.4, 0.5) is 8.78 Å². The molecule has 0 bridgehead atoms. The minimum Gasteiger partial charge on any atom is -0.434 e. The minimum absolute atomic E-state index is 0.0727. The van der Waals surface area contributed by atoms with Gasteiger partial charge in [-0.1, -0.05) is 31.0 Å². The third kappa shape index (κ3) is 4.78. The predicted octanol–water partition coefficient (Wildman–Crippen LogP) is 4.48. The summed E-state index contributed by atoms with van der Waals surface area (Å²) in [6, 6.07) is 6.85. The van der Waals surface area contributed by atoms with Crippen LogP contribution in [0.2, 0.25) is 0 Å². The van der Waals surface area contributed by atoms with Crippen molar-refractivity contribution in [2.45, 2.75) is 58.2 Å². The molecule has 1 aliphatic rings. The number of amides is 1. The summed E-state index contributed by atoms with van der Waals surface area (Å²) >= 11 is 0. The Balaban J connectivity index is 2.13. The molecule has 1 amide bonds. The van der Waals surface area contributed by atoms with Crippen molar-refractivity contribution in [2.24, 2.45) is 0 Å². The van der Waals surface area contributed by atoms with E-state index in [0.29, 0.717) is 5.56 Å². The highest BCUT2D eigenvalue weighted by atomic mass is 19.3. The van der Waals surface area contributed by atoms with E-state index in [1.807, 2.05) is 18.7 Å². The van der Waals surface area contributed by atoms with Crippen LogP contribution in [0.1, 0.15) is 45.1 Å². The summed E-state index contributed by atoms with van der Waals surface area (Å²) < 4.78 is 29.3. The molecule has 0 aliphatic heterocycles. The van der Waals surface area contributed by atoms with E-state index in [2.05, 4.69) is 4.74 Å². The first kappa shape index (κ1) is 17.4. The second-order valence-corrected chi connectivity index (χ2v) is 6.03.